The van der Waals surface area contributed by atoms with Gasteiger partial charge in [0.05, 0.1) is 0 Å². The molecular weight excluding hydrogens is 228 g/mol. The molecule has 0 aliphatic rings. The average molecular weight is 242 g/mol. The molecule has 2 aromatic rings. The number of carbonyl (C=O) groups excluding carboxylic acids is 1. The van der Waals surface area contributed by atoms with Crippen LogP contribution in [0.15, 0.2) is 48.5 Å². The van der Waals surface area contributed by atoms with Crippen LogP contribution in [0.4, 0.5) is 0 Å². The summed E-state index contributed by atoms with van der Waals surface area (Å²) in [6.07, 6.45) is 0.646. The second kappa shape index (κ2) is 5.36. The fourth-order valence-corrected chi connectivity index (χ4v) is 1.72. The van der Waals surface area contributed by atoms with Crippen LogP contribution in [-0.4, -0.2) is 11.1 Å². The van der Waals surface area contributed by atoms with Crippen LogP contribution in [0.5, 0.6) is 11.5 Å². The van der Waals surface area contributed by atoms with Crippen molar-refractivity contribution in [1.82, 2.24) is 0 Å². The van der Waals surface area contributed by atoms with Crippen LogP contribution in [0, 0.1) is 0 Å². The molecule has 2 rings (SSSR count). The zero-order valence-corrected chi connectivity index (χ0v) is 10.1. The molecule has 1 N–H and O–H groups in total. The fraction of sp³-hybridized carbons (Fsp3) is 0.133. The van der Waals surface area contributed by atoms with E-state index in [1.54, 1.807) is 24.3 Å². The Labute approximate surface area is 106 Å². The number of rotatable bonds is 3. The summed E-state index contributed by atoms with van der Waals surface area (Å²) in [4.78, 5) is 10.8. The Morgan fingerprint density at radius 1 is 1.11 bits per heavy atom. The summed E-state index contributed by atoms with van der Waals surface area (Å²) in [6, 6.07) is 14.5. The predicted octanol–water partition coefficient (Wildman–Crippen LogP) is 2.91. The Balaban J connectivity index is 2.11. The first-order valence-electron chi connectivity index (χ1n) is 5.69. The molecule has 3 heteroatoms. The maximum Gasteiger partial charge on any atom is 0.308 e. The number of hydrogen-bond donors (Lipinski definition) is 1. The molecule has 2 aromatic carbocycles. The highest BCUT2D eigenvalue weighted by Crippen LogP contribution is 2.21. The molecule has 0 aliphatic carbocycles. The molecule has 3 nitrogen and oxygen atoms in total. The minimum atomic E-state index is -0.330. The highest BCUT2D eigenvalue weighted by atomic mass is 16.5. The third-order valence-corrected chi connectivity index (χ3v) is 2.57. The molecule has 0 saturated carbocycles. The molecule has 0 spiro atoms. The molecule has 0 fully saturated rings. The van der Waals surface area contributed by atoms with Gasteiger partial charge in [-0.1, -0.05) is 30.3 Å². The number of phenols is 1. The van der Waals surface area contributed by atoms with Gasteiger partial charge in [-0.3, -0.25) is 4.79 Å². The summed E-state index contributed by atoms with van der Waals surface area (Å²) in [5, 5.41) is 9.68. The van der Waals surface area contributed by atoms with E-state index in [0.29, 0.717) is 17.9 Å². The largest absolute Gasteiger partial charge is 0.508 e. The topological polar surface area (TPSA) is 46.5 Å². The van der Waals surface area contributed by atoms with Gasteiger partial charge in [0.15, 0.2) is 0 Å². The number of aromatic hydroxyl groups is 1. The standard InChI is InChI=1S/C15H14O3/c1-11(16)18-14-8-6-12(7-9-14)10-13-4-2-3-5-15(13)17/h2-9,17H,10H2,1H3. The Kier molecular flexibility index (Phi) is 3.63. The zero-order valence-electron chi connectivity index (χ0n) is 10.1. The van der Waals surface area contributed by atoms with Gasteiger partial charge >= 0.3 is 5.97 Å². The lowest BCUT2D eigenvalue weighted by atomic mass is 10.0. The number of hydrogen-bond acceptors (Lipinski definition) is 3. The molecule has 0 bridgehead atoms. The molecule has 0 heterocycles. The Hall–Kier alpha value is -2.29. The molecular formula is C15H14O3. The first-order chi connectivity index (χ1) is 8.65. The van der Waals surface area contributed by atoms with Gasteiger partial charge in [0.25, 0.3) is 0 Å². The maximum absolute atomic E-state index is 10.8. The third kappa shape index (κ3) is 3.10. The van der Waals surface area contributed by atoms with Gasteiger partial charge in [0.2, 0.25) is 0 Å². The summed E-state index contributed by atoms with van der Waals surface area (Å²) in [5.74, 6) is 0.494. The summed E-state index contributed by atoms with van der Waals surface area (Å²) in [6.45, 7) is 1.37. The number of para-hydroxylation sites is 1. The molecule has 0 unspecified atom stereocenters. The molecule has 0 saturated heterocycles. The van der Waals surface area contributed by atoms with E-state index in [-0.39, 0.29) is 5.97 Å². The van der Waals surface area contributed by atoms with Gasteiger partial charge in [0.1, 0.15) is 11.5 Å². The lowest BCUT2D eigenvalue weighted by Gasteiger charge is -2.06. The lowest BCUT2D eigenvalue weighted by Crippen LogP contribution is -2.01. The van der Waals surface area contributed by atoms with Crippen molar-refractivity contribution in [3.63, 3.8) is 0 Å². The maximum atomic E-state index is 10.8. The molecule has 0 aromatic heterocycles. The van der Waals surface area contributed by atoms with Crippen LogP contribution in [0.1, 0.15) is 18.1 Å². The first kappa shape index (κ1) is 12.2. The van der Waals surface area contributed by atoms with Crippen LogP contribution >= 0.6 is 0 Å². The number of ether oxygens (including phenoxy) is 1. The lowest BCUT2D eigenvalue weighted by molar-refractivity contribution is -0.131. The van der Waals surface area contributed by atoms with Crippen molar-refractivity contribution in [2.45, 2.75) is 13.3 Å². The van der Waals surface area contributed by atoms with Gasteiger partial charge < -0.3 is 9.84 Å². The minimum Gasteiger partial charge on any atom is -0.508 e. The SMILES string of the molecule is CC(=O)Oc1ccc(Cc2ccccc2O)cc1. The van der Waals surface area contributed by atoms with Crippen molar-refractivity contribution in [1.29, 1.82) is 0 Å². The minimum absolute atomic E-state index is 0.293. The Morgan fingerprint density at radius 2 is 1.78 bits per heavy atom. The van der Waals surface area contributed by atoms with E-state index in [1.807, 2.05) is 24.3 Å². The fourth-order valence-electron chi connectivity index (χ4n) is 1.72. The van der Waals surface area contributed by atoms with Crippen molar-refractivity contribution >= 4 is 5.97 Å². The monoisotopic (exact) mass is 242 g/mol. The van der Waals surface area contributed by atoms with Gasteiger partial charge in [-0.15, -0.1) is 0 Å². The predicted molar refractivity (Wildman–Crippen MR) is 68.7 cm³/mol. The van der Waals surface area contributed by atoms with E-state index in [2.05, 4.69) is 0 Å². The van der Waals surface area contributed by atoms with Crippen LogP contribution < -0.4 is 4.74 Å². The van der Waals surface area contributed by atoms with Gasteiger partial charge in [-0.25, -0.2) is 0 Å². The quantitative estimate of drug-likeness (QED) is 0.665. The molecule has 92 valence electrons. The second-order valence-electron chi connectivity index (χ2n) is 4.04. The summed E-state index contributed by atoms with van der Waals surface area (Å²) in [7, 11) is 0. The van der Waals surface area contributed by atoms with E-state index in [1.165, 1.54) is 6.92 Å². The molecule has 0 atom stereocenters. The van der Waals surface area contributed by atoms with Crippen molar-refractivity contribution in [3.8, 4) is 11.5 Å². The number of esters is 1. The van der Waals surface area contributed by atoms with E-state index >= 15 is 0 Å². The highest BCUT2D eigenvalue weighted by Gasteiger charge is 2.02. The Bertz CT molecular complexity index is 544. The van der Waals surface area contributed by atoms with Crippen LogP contribution in [0.25, 0.3) is 0 Å². The third-order valence-electron chi connectivity index (χ3n) is 2.57. The summed E-state index contributed by atoms with van der Waals surface area (Å²) in [5.41, 5.74) is 1.92. The van der Waals surface area contributed by atoms with Crippen molar-refractivity contribution in [3.05, 3.63) is 59.7 Å². The normalized spacial score (nSPS) is 10.1. The second-order valence-corrected chi connectivity index (χ2v) is 4.04. The molecule has 18 heavy (non-hydrogen) atoms. The average Bonchev–Trinajstić information content (AvgIpc) is 2.34. The summed E-state index contributed by atoms with van der Waals surface area (Å²) < 4.78 is 4.95. The zero-order chi connectivity index (χ0) is 13.0. The van der Waals surface area contributed by atoms with Crippen molar-refractivity contribution in [2.75, 3.05) is 0 Å². The van der Waals surface area contributed by atoms with Gasteiger partial charge in [-0.05, 0) is 29.3 Å². The Morgan fingerprint density at radius 3 is 2.39 bits per heavy atom. The van der Waals surface area contributed by atoms with Gasteiger partial charge in [0, 0.05) is 13.3 Å². The van der Waals surface area contributed by atoms with E-state index < -0.39 is 0 Å². The number of phenolic OH excluding ortho intramolecular Hbond substituents is 1. The number of carbonyl (C=O) groups is 1. The molecule has 0 aliphatic heterocycles. The van der Waals surface area contributed by atoms with Gasteiger partial charge in [-0.2, -0.15) is 0 Å². The van der Waals surface area contributed by atoms with E-state index in [0.717, 1.165) is 11.1 Å². The van der Waals surface area contributed by atoms with Crippen LogP contribution in [0.2, 0.25) is 0 Å². The molecule has 0 radical (unpaired) electrons. The van der Waals surface area contributed by atoms with Crippen LogP contribution in [-0.2, 0) is 11.2 Å². The first-order valence-corrected chi connectivity index (χ1v) is 5.69. The van der Waals surface area contributed by atoms with Crippen molar-refractivity contribution in [2.24, 2.45) is 0 Å². The van der Waals surface area contributed by atoms with E-state index in [9.17, 15) is 9.90 Å². The van der Waals surface area contributed by atoms with Crippen molar-refractivity contribution < 1.29 is 14.6 Å². The van der Waals surface area contributed by atoms with Crippen LogP contribution in [0.3, 0.4) is 0 Å². The summed E-state index contributed by atoms with van der Waals surface area (Å²) >= 11 is 0. The smallest absolute Gasteiger partial charge is 0.308 e. The highest BCUT2D eigenvalue weighted by molar-refractivity contribution is 5.69. The van der Waals surface area contributed by atoms with E-state index in [4.69, 9.17) is 4.74 Å². The number of benzene rings is 2. The molecule has 0 amide bonds.